The van der Waals surface area contributed by atoms with Crippen molar-refractivity contribution in [3.63, 3.8) is 0 Å². The number of amides is 1. The zero-order chi connectivity index (χ0) is 13.5. The van der Waals surface area contributed by atoms with Crippen LogP contribution < -0.4 is 10.6 Å². The van der Waals surface area contributed by atoms with E-state index in [9.17, 15) is 4.79 Å². The monoisotopic (exact) mass is 259 g/mol. The van der Waals surface area contributed by atoms with Crippen molar-refractivity contribution in [3.05, 3.63) is 42.0 Å². The van der Waals surface area contributed by atoms with Gasteiger partial charge in [0.25, 0.3) is 5.91 Å². The minimum atomic E-state index is -0.0870. The number of hydrogen-bond acceptors (Lipinski definition) is 4. The number of para-hydroxylation sites is 1. The van der Waals surface area contributed by atoms with Crippen molar-refractivity contribution < 1.29 is 4.79 Å². The van der Waals surface area contributed by atoms with Crippen LogP contribution in [0.4, 0.5) is 5.69 Å². The Labute approximate surface area is 111 Å². The smallest absolute Gasteiger partial charge is 0.253 e. The predicted octanol–water partition coefficient (Wildman–Crippen LogP) is 1.21. The van der Waals surface area contributed by atoms with Gasteiger partial charge in [-0.05, 0) is 19.1 Å². The Balaban J connectivity index is 1.92. The fourth-order valence-corrected chi connectivity index (χ4v) is 1.77. The van der Waals surface area contributed by atoms with E-state index in [4.69, 9.17) is 0 Å². The van der Waals surface area contributed by atoms with Gasteiger partial charge in [-0.3, -0.25) is 9.89 Å². The lowest BCUT2D eigenvalue weighted by Gasteiger charge is -2.10. The number of H-pyrrole nitrogens is 1. The van der Waals surface area contributed by atoms with Crippen LogP contribution in [0.25, 0.3) is 0 Å². The molecule has 1 amide bonds. The van der Waals surface area contributed by atoms with Gasteiger partial charge in [-0.25, -0.2) is 4.98 Å². The van der Waals surface area contributed by atoms with Crippen molar-refractivity contribution in [2.75, 3.05) is 18.4 Å². The minimum Gasteiger partial charge on any atom is -0.385 e. The van der Waals surface area contributed by atoms with Gasteiger partial charge in [0.1, 0.15) is 12.2 Å². The summed E-state index contributed by atoms with van der Waals surface area (Å²) in [5, 5.41) is 12.6. The second-order valence-electron chi connectivity index (χ2n) is 4.01. The van der Waals surface area contributed by atoms with E-state index in [1.165, 1.54) is 6.33 Å². The molecule has 0 atom stereocenters. The molecule has 19 heavy (non-hydrogen) atoms. The first-order valence-electron chi connectivity index (χ1n) is 6.26. The van der Waals surface area contributed by atoms with Gasteiger partial charge in [0.15, 0.2) is 0 Å². The second-order valence-corrected chi connectivity index (χ2v) is 4.01. The van der Waals surface area contributed by atoms with Crippen molar-refractivity contribution in [3.8, 4) is 0 Å². The van der Waals surface area contributed by atoms with E-state index < -0.39 is 0 Å². The highest BCUT2D eigenvalue weighted by molar-refractivity contribution is 5.99. The molecule has 0 unspecified atom stereocenters. The van der Waals surface area contributed by atoms with Crippen LogP contribution in [-0.2, 0) is 6.42 Å². The fraction of sp³-hybridized carbons (Fsp3) is 0.308. The van der Waals surface area contributed by atoms with E-state index in [0.717, 1.165) is 18.1 Å². The van der Waals surface area contributed by atoms with Crippen LogP contribution in [-0.4, -0.2) is 34.2 Å². The molecule has 0 spiro atoms. The van der Waals surface area contributed by atoms with Gasteiger partial charge in [0.2, 0.25) is 0 Å². The van der Waals surface area contributed by atoms with Crippen molar-refractivity contribution in [1.82, 2.24) is 20.5 Å². The van der Waals surface area contributed by atoms with E-state index in [1.807, 2.05) is 31.2 Å². The predicted molar refractivity (Wildman–Crippen MR) is 73.0 cm³/mol. The van der Waals surface area contributed by atoms with E-state index in [2.05, 4.69) is 25.8 Å². The number of anilines is 1. The summed E-state index contributed by atoms with van der Waals surface area (Å²) in [5.74, 6) is 0.677. The number of rotatable bonds is 6. The number of nitrogens with zero attached hydrogens (tertiary/aromatic N) is 2. The van der Waals surface area contributed by atoms with Gasteiger partial charge in [0.05, 0.1) is 5.56 Å². The summed E-state index contributed by atoms with van der Waals surface area (Å²) >= 11 is 0. The average molecular weight is 259 g/mol. The number of nitrogens with one attached hydrogen (secondary N) is 3. The Kier molecular flexibility index (Phi) is 4.49. The Bertz CT molecular complexity index is 524. The van der Waals surface area contributed by atoms with Crippen LogP contribution in [0.15, 0.2) is 30.6 Å². The first kappa shape index (κ1) is 13.1. The third-order valence-electron chi connectivity index (χ3n) is 2.65. The van der Waals surface area contributed by atoms with Crippen LogP contribution in [0, 0.1) is 0 Å². The summed E-state index contributed by atoms with van der Waals surface area (Å²) in [6, 6.07) is 7.46. The molecule has 100 valence electrons. The topological polar surface area (TPSA) is 82.7 Å². The zero-order valence-corrected chi connectivity index (χ0v) is 10.8. The Morgan fingerprint density at radius 2 is 2.21 bits per heavy atom. The van der Waals surface area contributed by atoms with Crippen molar-refractivity contribution in [2.45, 2.75) is 13.3 Å². The normalized spacial score (nSPS) is 10.2. The largest absolute Gasteiger partial charge is 0.385 e. The first-order chi connectivity index (χ1) is 9.31. The van der Waals surface area contributed by atoms with Crippen molar-refractivity contribution in [2.24, 2.45) is 0 Å². The second kappa shape index (κ2) is 6.53. The average Bonchev–Trinajstić information content (AvgIpc) is 2.93. The summed E-state index contributed by atoms with van der Waals surface area (Å²) in [4.78, 5) is 16.1. The quantitative estimate of drug-likeness (QED) is 0.728. The van der Waals surface area contributed by atoms with E-state index >= 15 is 0 Å². The highest BCUT2D eigenvalue weighted by Gasteiger charge is 2.09. The molecule has 0 aliphatic carbocycles. The lowest BCUT2D eigenvalue weighted by Crippen LogP contribution is -2.26. The molecule has 2 rings (SSSR count). The number of benzene rings is 1. The van der Waals surface area contributed by atoms with Crippen molar-refractivity contribution in [1.29, 1.82) is 0 Å². The first-order valence-corrected chi connectivity index (χ1v) is 6.26. The van der Waals surface area contributed by atoms with Gasteiger partial charge >= 0.3 is 0 Å². The molecule has 0 saturated heterocycles. The third kappa shape index (κ3) is 3.54. The summed E-state index contributed by atoms with van der Waals surface area (Å²) in [6.45, 7) is 3.30. The van der Waals surface area contributed by atoms with Gasteiger partial charge in [-0.1, -0.05) is 12.1 Å². The molecule has 1 aromatic carbocycles. The van der Waals surface area contributed by atoms with Gasteiger partial charge in [-0.15, -0.1) is 0 Å². The highest BCUT2D eigenvalue weighted by atomic mass is 16.1. The van der Waals surface area contributed by atoms with Crippen molar-refractivity contribution >= 4 is 11.6 Å². The molecule has 2 aromatic rings. The van der Waals surface area contributed by atoms with Crippen LogP contribution in [0.2, 0.25) is 0 Å². The molecule has 0 saturated carbocycles. The van der Waals surface area contributed by atoms with Crippen LogP contribution in [0.3, 0.4) is 0 Å². The maximum Gasteiger partial charge on any atom is 0.253 e. The molecule has 0 bridgehead atoms. The van der Waals surface area contributed by atoms with Gasteiger partial charge < -0.3 is 10.6 Å². The molecule has 0 aliphatic rings. The Morgan fingerprint density at radius 1 is 1.37 bits per heavy atom. The number of carbonyl (C=O) groups excluding carboxylic acids is 1. The molecule has 6 heteroatoms. The Morgan fingerprint density at radius 3 is 2.95 bits per heavy atom. The molecule has 3 N–H and O–H groups in total. The summed E-state index contributed by atoms with van der Waals surface area (Å²) in [6.07, 6.45) is 2.09. The fourth-order valence-electron chi connectivity index (χ4n) is 1.77. The molecule has 1 aromatic heterocycles. The number of carbonyl (C=O) groups is 1. The lowest BCUT2D eigenvalue weighted by atomic mass is 10.1. The van der Waals surface area contributed by atoms with Gasteiger partial charge in [0, 0.05) is 25.2 Å². The van der Waals surface area contributed by atoms with E-state index in [1.54, 1.807) is 0 Å². The zero-order valence-electron chi connectivity index (χ0n) is 10.8. The molecule has 1 heterocycles. The third-order valence-corrected chi connectivity index (χ3v) is 2.65. The molecular weight excluding hydrogens is 242 g/mol. The summed E-state index contributed by atoms with van der Waals surface area (Å²) < 4.78 is 0. The van der Waals surface area contributed by atoms with E-state index in [0.29, 0.717) is 18.5 Å². The van der Waals surface area contributed by atoms with Gasteiger partial charge in [-0.2, -0.15) is 5.10 Å². The Hall–Kier alpha value is -2.37. The SMILES string of the molecule is CCNc1ccccc1C(=O)NCCc1ncn[nH]1. The lowest BCUT2D eigenvalue weighted by molar-refractivity contribution is 0.0955. The minimum absolute atomic E-state index is 0.0870. The van der Waals surface area contributed by atoms with Crippen LogP contribution >= 0.6 is 0 Å². The summed E-state index contributed by atoms with van der Waals surface area (Å²) in [7, 11) is 0. The molecule has 0 radical (unpaired) electrons. The van der Waals surface area contributed by atoms with Crippen LogP contribution in [0.1, 0.15) is 23.1 Å². The van der Waals surface area contributed by atoms with E-state index in [-0.39, 0.29) is 5.91 Å². The molecule has 0 aliphatic heterocycles. The molecular formula is C13H17N5O. The molecule has 0 fully saturated rings. The van der Waals surface area contributed by atoms with Crippen LogP contribution in [0.5, 0.6) is 0 Å². The maximum atomic E-state index is 12.1. The maximum absolute atomic E-state index is 12.1. The highest BCUT2D eigenvalue weighted by Crippen LogP contribution is 2.14. The number of aromatic amines is 1. The molecule has 6 nitrogen and oxygen atoms in total. The summed E-state index contributed by atoms with van der Waals surface area (Å²) in [5.41, 5.74) is 1.50. The standard InChI is InChI=1S/C13H17N5O/c1-2-14-11-6-4-3-5-10(11)13(19)15-8-7-12-16-9-17-18-12/h3-6,9,14H,2,7-8H2,1H3,(H,15,19)(H,16,17,18). The number of aromatic nitrogens is 3. The number of hydrogen-bond donors (Lipinski definition) is 3.